The second kappa shape index (κ2) is 25.9. The summed E-state index contributed by atoms with van der Waals surface area (Å²) in [7, 11) is -4.06. The van der Waals surface area contributed by atoms with E-state index in [2.05, 4.69) is 13.8 Å². The van der Waals surface area contributed by atoms with Gasteiger partial charge in [0.05, 0.1) is 4.90 Å². The van der Waals surface area contributed by atoms with E-state index < -0.39 is 16.1 Å². The summed E-state index contributed by atoms with van der Waals surface area (Å²) in [5.41, 5.74) is 1.13. The molecule has 0 amide bonds. The van der Waals surface area contributed by atoms with E-state index in [1.807, 2.05) is 0 Å². The Morgan fingerprint density at radius 1 is 0.579 bits per heavy atom. The molecular formula is C32H58O5S. The third kappa shape index (κ3) is 24.9. The number of benzene rings is 1. The second-order valence-electron chi connectivity index (χ2n) is 10.7. The van der Waals surface area contributed by atoms with Crippen LogP contribution in [0.3, 0.4) is 0 Å². The fraction of sp³-hybridized carbons (Fsp3) is 0.781. The molecule has 0 radical (unpaired) electrons. The molecule has 1 aromatic rings. The number of carboxylic acids is 1. The Hall–Kier alpha value is -1.40. The molecule has 1 aromatic carbocycles. The van der Waals surface area contributed by atoms with Crippen LogP contribution in [0.25, 0.3) is 0 Å². The number of unbranched alkanes of at least 4 members (excludes halogenated alkanes) is 19. The van der Waals surface area contributed by atoms with Crippen LogP contribution in [0.4, 0.5) is 0 Å². The number of rotatable bonds is 24. The molecule has 0 aliphatic carbocycles. The first-order chi connectivity index (χ1) is 18.3. The number of aryl methyl sites for hydroxylation is 1. The lowest BCUT2D eigenvalue weighted by Crippen LogP contribution is -1.98. The average molecular weight is 555 g/mol. The van der Waals surface area contributed by atoms with Crippen molar-refractivity contribution < 1.29 is 22.9 Å². The fourth-order valence-corrected chi connectivity index (χ4v) is 5.07. The highest BCUT2D eigenvalue weighted by atomic mass is 32.2. The van der Waals surface area contributed by atoms with Crippen molar-refractivity contribution in [2.24, 2.45) is 0 Å². The van der Waals surface area contributed by atoms with Gasteiger partial charge in [0, 0.05) is 6.42 Å². The van der Waals surface area contributed by atoms with Crippen molar-refractivity contribution in [3.05, 3.63) is 29.8 Å². The standard InChI is InChI=1S/C18H30O3S.C14H28O2/c1-2-3-4-5-6-7-8-9-10-11-12-17-13-15-18(16-14-17)22(19,20)21;1-2-3-4-5-6-7-8-9-10-11-12-13-14(15)16/h13-16H,2-12H2,1H3,(H,19,20,21);2-13H2,1H3,(H,15,16). The van der Waals surface area contributed by atoms with Gasteiger partial charge in [-0.2, -0.15) is 8.42 Å². The van der Waals surface area contributed by atoms with Crippen molar-refractivity contribution in [1.29, 1.82) is 0 Å². The van der Waals surface area contributed by atoms with Crippen LogP contribution in [0, 0.1) is 0 Å². The Balaban J connectivity index is 0.000000761. The predicted octanol–water partition coefficient (Wildman–Crippen LogP) is 10.2. The summed E-state index contributed by atoms with van der Waals surface area (Å²) >= 11 is 0. The zero-order valence-electron chi connectivity index (χ0n) is 24.6. The van der Waals surface area contributed by atoms with E-state index in [1.54, 1.807) is 12.1 Å². The van der Waals surface area contributed by atoms with Gasteiger partial charge in [-0.3, -0.25) is 9.35 Å². The second-order valence-corrected chi connectivity index (χ2v) is 12.2. The first kappa shape index (κ1) is 36.6. The lowest BCUT2D eigenvalue weighted by Gasteiger charge is -2.04. The zero-order chi connectivity index (χ0) is 28.3. The summed E-state index contributed by atoms with van der Waals surface area (Å²) in [6.07, 6.45) is 28.5. The van der Waals surface area contributed by atoms with Crippen molar-refractivity contribution >= 4 is 16.1 Å². The van der Waals surface area contributed by atoms with Crippen LogP contribution in [0.15, 0.2) is 29.2 Å². The van der Waals surface area contributed by atoms with Crippen LogP contribution < -0.4 is 0 Å². The smallest absolute Gasteiger partial charge is 0.303 e. The maximum Gasteiger partial charge on any atom is 0.303 e. The van der Waals surface area contributed by atoms with Gasteiger partial charge in [-0.15, -0.1) is 0 Å². The van der Waals surface area contributed by atoms with Gasteiger partial charge in [0.2, 0.25) is 0 Å². The highest BCUT2D eigenvalue weighted by Crippen LogP contribution is 2.15. The molecule has 0 unspecified atom stereocenters. The van der Waals surface area contributed by atoms with Gasteiger partial charge in [0.15, 0.2) is 0 Å². The molecule has 0 fully saturated rings. The normalized spacial score (nSPS) is 11.2. The number of carbonyl (C=O) groups is 1. The van der Waals surface area contributed by atoms with E-state index in [9.17, 15) is 13.2 Å². The summed E-state index contributed by atoms with van der Waals surface area (Å²) in [6, 6.07) is 6.52. The van der Waals surface area contributed by atoms with Gasteiger partial charge in [0.25, 0.3) is 10.1 Å². The fourth-order valence-electron chi connectivity index (χ4n) is 4.59. The largest absolute Gasteiger partial charge is 0.481 e. The van der Waals surface area contributed by atoms with Crippen molar-refractivity contribution in [3.63, 3.8) is 0 Å². The molecule has 0 bridgehead atoms. The maximum atomic E-state index is 10.9. The van der Waals surface area contributed by atoms with Gasteiger partial charge < -0.3 is 5.11 Å². The van der Waals surface area contributed by atoms with Crippen LogP contribution in [-0.4, -0.2) is 24.0 Å². The summed E-state index contributed by atoms with van der Waals surface area (Å²) < 4.78 is 30.8. The summed E-state index contributed by atoms with van der Waals surface area (Å²) in [5.74, 6) is -0.657. The molecule has 0 aliphatic rings. The Morgan fingerprint density at radius 2 is 0.921 bits per heavy atom. The van der Waals surface area contributed by atoms with Crippen molar-refractivity contribution in [3.8, 4) is 0 Å². The molecule has 0 spiro atoms. The van der Waals surface area contributed by atoms with Gasteiger partial charge in [-0.05, 0) is 37.0 Å². The topological polar surface area (TPSA) is 91.7 Å². The van der Waals surface area contributed by atoms with Gasteiger partial charge >= 0.3 is 5.97 Å². The van der Waals surface area contributed by atoms with Crippen LogP contribution in [-0.2, 0) is 21.3 Å². The minimum Gasteiger partial charge on any atom is -0.481 e. The molecule has 0 aliphatic heterocycles. The molecule has 1 rings (SSSR count). The first-order valence-corrected chi connectivity index (χ1v) is 17.0. The van der Waals surface area contributed by atoms with E-state index in [0.717, 1.165) is 31.2 Å². The lowest BCUT2D eigenvalue weighted by atomic mass is 10.0. The monoisotopic (exact) mass is 554 g/mol. The maximum absolute atomic E-state index is 10.9. The van der Waals surface area contributed by atoms with E-state index in [4.69, 9.17) is 9.66 Å². The van der Waals surface area contributed by atoms with Crippen LogP contribution in [0.1, 0.15) is 161 Å². The predicted molar refractivity (Wildman–Crippen MR) is 161 cm³/mol. The Bertz CT molecular complexity index is 759. The van der Waals surface area contributed by atoms with E-state index in [1.165, 1.54) is 128 Å². The number of hydrogen-bond acceptors (Lipinski definition) is 3. The molecule has 0 saturated carbocycles. The number of carboxylic acid groups (broad SMARTS) is 1. The molecule has 5 nitrogen and oxygen atoms in total. The Kier molecular flexibility index (Phi) is 24.9. The van der Waals surface area contributed by atoms with E-state index in [-0.39, 0.29) is 4.90 Å². The molecule has 6 heteroatoms. The number of aliphatic carboxylic acids is 1. The van der Waals surface area contributed by atoms with Crippen LogP contribution in [0.2, 0.25) is 0 Å². The molecule has 222 valence electrons. The van der Waals surface area contributed by atoms with Crippen molar-refractivity contribution in [2.45, 2.75) is 166 Å². The van der Waals surface area contributed by atoms with Gasteiger partial charge in [-0.1, -0.05) is 148 Å². The molecule has 38 heavy (non-hydrogen) atoms. The quantitative estimate of drug-likeness (QED) is 0.0979. The summed E-state index contributed by atoms with van der Waals surface area (Å²) in [5, 5.41) is 8.46. The van der Waals surface area contributed by atoms with E-state index in [0.29, 0.717) is 6.42 Å². The molecule has 0 heterocycles. The molecule has 0 aromatic heterocycles. The minimum absolute atomic E-state index is 0.0284. The Morgan fingerprint density at radius 3 is 1.26 bits per heavy atom. The number of hydrogen-bond donors (Lipinski definition) is 2. The van der Waals surface area contributed by atoms with Crippen molar-refractivity contribution in [1.82, 2.24) is 0 Å². The lowest BCUT2D eigenvalue weighted by molar-refractivity contribution is -0.137. The Labute approximate surface area is 235 Å². The van der Waals surface area contributed by atoms with Crippen LogP contribution >= 0.6 is 0 Å². The first-order valence-electron chi connectivity index (χ1n) is 15.6. The third-order valence-electron chi connectivity index (χ3n) is 7.03. The minimum atomic E-state index is -4.06. The molecule has 0 saturated heterocycles. The molecule has 2 N–H and O–H groups in total. The molecule has 0 atom stereocenters. The summed E-state index contributed by atoms with van der Waals surface area (Å²) in [6.45, 7) is 4.49. The highest BCUT2D eigenvalue weighted by Gasteiger charge is 2.08. The summed E-state index contributed by atoms with van der Waals surface area (Å²) in [4.78, 5) is 10.2. The third-order valence-corrected chi connectivity index (χ3v) is 7.90. The van der Waals surface area contributed by atoms with E-state index >= 15 is 0 Å². The SMILES string of the molecule is CCCCCCCCCCCCCC(=O)O.CCCCCCCCCCCCc1ccc(S(=O)(=O)O)cc1. The molecular weight excluding hydrogens is 496 g/mol. The zero-order valence-corrected chi connectivity index (χ0v) is 25.4. The van der Waals surface area contributed by atoms with Gasteiger partial charge in [-0.25, -0.2) is 0 Å². The average Bonchev–Trinajstić information content (AvgIpc) is 2.88. The van der Waals surface area contributed by atoms with Gasteiger partial charge in [0.1, 0.15) is 0 Å². The van der Waals surface area contributed by atoms with Crippen molar-refractivity contribution in [2.75, 3.05) is 0 Å². The highest BCUT2D eigenvalue weighted by molar-refractivity contribution is 7.85. The van der Waals surface area contributed by atoms with Crippen LogP contribution in [0.5, 0.6) is 0 Å².